The average molecular weight is 301 g/mol. The highest BCUT2D eigenvalue weighted by Gasteiger charge is 2.18. The van der Waals surface area contributed by atoms with Crippen LogP contribution in [-0.4, -0.2) is 4.57 Å². The van der Waals surface area contributed by atoms with Crippen LogP contribution in [-0.2, 0) is 13.5 Å². The summed E-state index contributed by atoms with van der Waals surface area (Å²) in [6.07, 6.45) is 11.3. The summed E-state index contributed by atoms with van der Waals surface area (Å²) < 4.78 is 2.27. The van der Waals surface area contributed by atoms with E-state index in [4.69, 9.17) is 0 Å². The standard InChI is InChI=1S/C22H23N/c1-6-11-17-15(8-3)16(9-4)21-19(12-7-2)23(5)20-14-10-13-18(17)22(20)21/h6-8,10-14H,2-3,9H2,1,4-5H3/b11-6-,19-12+. The number of aryl methyl sites for hydroxylation is 2. The molecule has 0 saturated heterocycles. The Morgan fingerprint density at radius 3 is 2.52 bits per heavy atom. The van der Waals surface area contributed by atoms with Gasteiger partial charge in [0, 0.05) is 28.7 Å². The van der Waals surface area contributed by atoms with Gasteiger partial charge in [0.05, 0.1) is 0 Å². The predicted molar refractivity (Wildman–Crippen MR) is 104 cm³/mol. The molecule has 3 rings (SSSR count). The molecular formula is C22H23N. The van der Waals surface area contributed by atoms with Crippen LogP contribution in [0.1, 0.15) is 30.5 Å². The van der Waals surface area contributed by atoms with Gasteiger partial charge in [0.25, 0.3) is 0 Å². The first-order chi connectivity index (χ1) is 11.2. The summed E-state index contributed by atoms with van der Waals surface area (Å²) >= 11 is 0. The van der Waals surface area contributed by atoms with Crippen LogP contribution in [0.4, 0.5) is 0 Å². The van der Waals surface area contributed by atoms with E-state index in [0.717, 1.165) is 6.42 Å². The average Bonchev–Trinajstić information content (AvgIpc) is 2.85. The molecular weight excluding hydrogens is 278 g/mol. The second-order valence-electron chi connectivity index (χ2n) is 5.78. The molecule has 0 aliphatic heterocycles. The van der Waals surface area contributed by atoms with Crippen LogP contribution >= 0.6 is 0 Å². The molecule has 0 atom stereocenters. The van der Waals surface area contributed by atoms with Gasteiger partial charge in [-0.2, -0.15) is 0 Å². The lowest BCUT2D eigenvalue weighted by molar-refractivity contribution is 0.935. The molecule has 1 heterocycles. The van der Waals surface area contributed by atoms with Gasteiger partial charge in [-0.1, -0.05) is 56.5 Å². The fourth-order valence-electron chi connectivity index (χ4n) is 3.73. The van der Waals surface area contributed by atoms with Crippen LogP contribution < -0.4 is 5.35 Å². The van der Waals surface area contributed by atoms with Gasteiger partial charge >= 0.3 is 0 Å². The third-order valence-electron chi connectivity index (χ3n) is 4.65. The monoisotopic (exact) mass is 301 g/mol. The summed E-state index contributed by atoms with van der Waals surface area (Å²) in [6.45, 7) is 12.3. The largest absolute Gasteiger partial charge is 0.344 e. The summed E-state index contributed by atoms with van der Waals surface area (Å²) in [5.41, 5.74) is 5.15. The van der Waals surface area contributed by atoms with Crippen molar-refractivity contribution in [3.8, 4) is 0 Å². The molecule has 1 nitrogen and oxygen atoms in total. The first kappa shape index (κ1) is 15.4. The fourth-order valence-corrected chi connectivity index (χ4v) is 3.73. The Morgan fingerprint density at radius 2 is 1.91 bits per heavy atom. The molecule has 0 spiro atoms. The lowest BCUT2D eigenvalue weighted by Crippen LogP contribution is -2.13. The molecule has 0 radical (unpaired) electrons. The third kappa shape index (κ3) is 2.08. The van der Waals surface area contributed by atoms with Crippen LogP contribution in [0.2, 0.25) is 0 Å². The van der Waals surface area contributed by atoms with Crippen molar-refractivity contribution in [2.24, 2.45) is 7.05 Å². The Hall–Kier alpha value is -2.54. The van der Waals surface area contributed by atoms with Gasteiger partial charge in [0.15, 0.2) is 0 Å². The number of hydrogen-bond donors (Lipinski definition) is 0. The van der Waals surface area contributed by atoms with Crippen molar-refractivity contribution in [2.75, 3.05) is 0 Å². The molecule has 0 fully saturated rings. The highest BCUT2D eigenvalue weighted by molar-refractivity contribution is 6.15. The van der Waals surface area contributed by atoms with Crippen LogP contribution in [0.15, 0.2) is 43.5 Å². The third-order valence-corrected chi connectivity index (χ3v) is 4.65. The minimum atomic E-state index is 0.980. The van der Waals surface area contributed by atoms with Gasteiger partial charge in [-0.05, 0) is 47.6 Å². The van der Waals surface area contributed by atoms with E-state index in [9.17, 15) is 0 Å². The Labute approximate surface area is 137 Å². The Kier molecular flexibility index (Phi) is 3.96. The van der Waals surface area contributed by atoms with Crippen molar-refractivity contribution in [3.63, 3.8) is 0 Å². The molecule has 0 aliphatic rings. The normalized spacial score (nSPS) is 12.7. The van der Waals surface area contributed by atoms with Crippen molar-refractivity contribution >= 4 is 39.9 Å². The van der Waals surface area contributed by atoms with E-state index in [0.29, 0.717) is 0 Å². The summed E-state index contributed by atoms with van der Waals surface area (Å²) in [4.78, 5) is 0. The van der Waals surface area contributed by atoms with Crippen LogP contribution in [0.25, 0.3) is 39.9 Å². The maximum absolute atomic E-state index is 4.08. The smallest absolute Gasteiger partial charge is 0.0495 e. The lowest BCUT2D eigenvalue weighted by Gasteiger charge is -2.14. The molecule has 0 N–H and O–H groups in total. The number of benzene rings is 2. The number of aromatic nitrogens is 1. The van der Waals surface area contributed by atoms with E-state index in [-0.39, 0.29) is 0 Å². The predicted octanol–water partition coefficient (Wildman–Crippen LogP) is 5.26. The minimum Gasteiger partial charge on any atom is -0.344 e. The van der Waals surface area contributed by atoms with Crippen molar-refractivity contribution in [1.29, 1.82) is 0 Å². The Bertz CT molecular complexity index is 996. The zero-order chi connectivity index (χ0) is 16.6. The topological polar surface area (TPSA) is 4.93 Å². The van der Waals surface area contributed by atoms with Crippen molar-refractivity contribution in [2.45, 2.75) is 20.3 Å². The Morgan fingerprint density at radius 1 is 1.13 bits per heavy atom. The summed E-state index contributed by atoms with van der Waals surface area (Å²) in [6, 6.07) is 6.55. The van der Waals surface area contributed by atoms with E-state index < -0.39 is 0 Å². The molecule has 0 bridgehead atoms. The van der Waals surface area contributed by atoms with Crippen LogP contribution in [0, 0.1) is 0 Å². The van der Waals surface area contributed by atoms with Gasteiger partial charge in [0.1, 0.15) is 0 Å². The number of nitrogens with zero attached hydrogens (tertiary/aromatic N) is 1. The van der Waals surface area contributed by atoms with Gasteiger partial charge in [-0.3, -0.25) is 0 Å². The van der Waals surface area contributed by atoms with Gasteiger partial charge in [-0.25, -0.2) is 0 Å². The van der Waals surface area contributed by atoms with Gasteiger partial charge in [0.2, 0.25) is 0 Å². The summed E-state index contributed by atoms with van der Waals surface area (Å²) in [7, 11) is 2.13. The van der Waals surface area contributed by atoms with Gasteiger partial charge < -0.3 is 4.57 Å². The maximum atomic E-state index is 4.08. The van der Waals surface area contributed by atoms with Crippen molar-refractivity contribution < 1.29 is 0 Å². The summed E-state index contributed by atoms with van der Waals surface area (Å²) in [5, 5.41) is 5.20. The minimum absolute atomic E-state index is 0.980. The van der Waals surface area contributed by atoms with E-state index in [2.05, 4.69) is 75.0 Å². The van der Waals surface area contributed by atoms with Gasteiger partial charge in [-0.15, -0.1) is 0 Å². The number of rotatable bonds is 4. The quantitative estimate of drug-likeness (QED) is 0.620. The van der Waals surface area contributed by atoms with Crippen LogP contribution in [0.3, 0.4) is 0 Å². The molecule has 1 aromatic heterocycles. The molecule has 0 unspecified atom stereocenters. The SMILES string of the molecule is C=C/C=c1\c2c(CC)c(C=C)c(/C=C\C)c3cccc(c32)n1C. The molecule has 2 aromatic carbocycles. The van der Waals surface area contributed by atoms with Crippen molar-refractivity contribution in [3.05, 3.63) is 65.5 Å². The zero-order valence-corrected chi connectivity index (χ0v) is 14.2. The second kappa shape index (κ2) is 5.92. The lowest BCUT2D eigenvalue weighted by atomic mass is 9.89. The van der Waals surface area contributed by atoms with E-state index >= 15 is 0 Å². The molecule has 0 saturated carbocycles. The Balaban J connectivity index is 2.76. The highest BCUT2D eigenvalue weighted by Crippen LogP contribution is 2.36. The van der Waals surface area contributed by atoms with E-state index in [1.165, 1.54) is 43.7 Å². The molecule has 116 valence electrons. The molecule has 0 amide bonds. The first-order valence-electron chi connectivity index (χ1n) is 8.13. The zero-order valence-electron chi connectivity index (χ0n) is 14.2. The van der Waals surface area contributed by atoms with E-state index in [1.807, 2.05) is 12.2 Å². The number of hydrogen-bond acceptors (Lipinski definition) is 0. The highest BCUT2D eigenvalue weighted by atomic mass is 14.9. The number of allylic oxidation sites excluding steroid dienone is 2. The molecule has 3 aromatic rings. The maximum Gasteiger partial charge on any atom is 0.0495 e. The van der Waals surface area contributed by atoms with Crippen LogP contribution in [0.5, 0.6) is 0 Å². The summed E-state index contributed by atoms with van der Waals surface area (Å²) in [5.74, 6) is 0. The second-order valence-corrected chi connectivity index (χ2v) is 5.78. The molecule has 23 heavy (non-hydrogen) atoms. The van der Waals surface area contributed by atoms with Crippen molar-refractivity contribution in [1.82, 2.24) is 4.57 Å². The fraction of sp³-hybridized carbons (Fsp3) is 0.182. The molecule has 1 heteroatoms. The van der Waals surface area contributed by atoms with E-state index in [1.54, 1.807) is 0 Å². The molecule has 0 aliphatic carbocycles. The first-order valence-corrected chi connectivity index (χ1v) is 8.13.